The van der Waals surface area contributed by atoms with E-state index in [9.17, 15) is 0 Å². The molecule has 0 saturated heterocycles. The SMILES string of the molecule is Nc1cc(-c2ccc3ocnc3c2)no1. The van der Waals surface area contributed by atoms with Crippen molar-refractivity contribution in [3.05, 3.63) is 30.7 Å². The molecule has 0 saturated carbocycles. The number of rotatable bonds is 1. The zero-order valence-corrected chi connectivity index (χ0v) is 7.68. The molecule has 3 rings (SSSR count). The summed E-state index contributed by atoms with van der Waals surface area (Å²) in [6, 6.07) is 7.25. The molecule has 0 radical (unpaired) electrons. The van der Waals surface area contributed by atoms with Crippen molar-refractivity contribution in [2.24, 2.45) is 0 Å². The van der Waals surface area contributed by atoms with Gasteiger partial charge in [0.15, 0.2) is 12.0 Å². The average Bonchev–Trinajstić information content (AvgIpc) is 2.84. The van der Waals surface area contributed by atoms with Gasteiger partial charge in [0, 0.05) is 11.6 Å². The van der Waals surface area contributed by atoms with Crippen LogP contribution in [-0.4, -0.2) is 10.1 Å². The van der Waals surface area contributed by atoms with Crippen LogP contribution in [0.4, 0.5) is 5.88 Å². The molecule has 5 heteroatoms. The highest BCUT2D eigenvalue weighted by Crippen LogP contribution is 2.23. The predicted molar refractivity (Wildman–Crippen MR) is 53.9 cm³/mol. The summed E-state index contributed by atoms with van der Waals surface area (Å²) in [4.78, 5) is 4.06. The second-order valence-corrected chi connectivity index (χ2v) is 3.15. The van der Waals surface area contributed by atoms with Crippen molar-refractivity contribution >= 4 is 17.0 Å². The normalized spacial score (nSPS) is 10.9. The fourth-order valence-electron chi connectivity index (χ4n) is 1.44. The summed E-state index contributed by atoms with van der Waals surface area (Å²) >= 11 is 0. The van der Waals surface area contributed by atoms with Gasteiger partial charge in [-0.3, -0.25) is 0 Å². The van der Waals surface area contributed by atoms with Crippen LogP contribution in [0.2, 0.25) is 0 Å². The zero-order valence-electron chi connectivity index (χ0n) is 7.68. The van der Waals surface area contributed by atoms with E-state index in [1.807, 2.05) is 18.2 Å². The quantitative estimate of drug-likeness (QED) is 0.651. The molecule has 5 nitrogen and oxygen atoms in total. The lowest BCUT2D eigenvalue weighted by Gasteiger charge is -1.93. The van der Waals surface area contributed by atoms with Crippen molar-refractivity contribution in [1.29, 1.82) is 0 Å². The van der Waals surface area contributed by atoms with E-state index in [0.717, 1.165) is 16.7 Å². The van der Waals surface area contributed by atoms with Gasteiger partial charge in [0.25, 0.3) is 0 Å². The van der Waals surface area contributed by atoms with Crippen molar-refractivity contribution in [3.63, 3.8) is 0 Å². The van der Waals surface area contributed by atoms with Crippen molar-refractivity contribution in [2.75, 3.05) is 5.73 Å². The van der Waals surface area contributed by atoms with Crippen LogP contribution in [0.5, 0.6) is 0 Å². The molecule has 2 N–H and O–H groups in total. The molecular weight excluding hydrogens is 194 g/mol. The first-order chi connectivity index (χ1) is 7.33. The number of hydrogen-bond donors (Lipinski definition) is 1. The average molecular weight is 201 g/mol. The van der Waals surface area contributed by atoms with Gasteiger partial charge in [0.1, 0.15) is 11.2 Å². The zero-order chi connectivity index (χ0) is 10.3. The molecule has 0 aliphatic carbocycles. The summed E-state index contributed by atoms with van der Waals surface area (Å²) < 4.78 is 9.93. The Morgan fingerprint density at radius 2 is 2.13 bits per heavy atom. The Bertz CT molecular complexity index is 612. The third kappa shape index (κ3) is 1.25. The van der Waals surface area contributed by atoms with Gasteiger partial charge in [0.2, 0.25) is 5.88 Å². The highest BCUT2D eigenvalue weighted by Gasteiger charge is 2.06. The number of oxazole rings is 1. The summed E-state index contributed by atoms with van der Waals surface area (Å²) in [6.45, 7) is 0. The molecule has 2 heterocycles. The van der Waals surface area contributed by atoms with Gasteiger partial charge >= 0.3 is 0 Å². The van der Waals surface area contributed by atoms with E-state index in [1.54, 1.807) is 6.07 Å². The maximum Gasteiger partial charge on any atom is 0.222 e. The van der Waals surface area contributed by atoms with Crippen molar-refractivity contribution in [2.45, 2.75) is 0 Å². The first-order valence-corrected chi connectivity index (χ1v) is 4.39. The molecule has 0 bridgehead atoms. The Balaban J connectivity index is 2.18. The summed E-state index contributed by atoms with van der Waals surface area (Å²) in [5, 5.41) is 3.82. The highest BCUT2D eigenvalue weighted by atomic mass is 16.5. The molecule has 0 fully saturated rings. The van der Waals surface area contributed by atoms with Gasteiger partial charge in [-0.2, -0.15) is 0 Å². The van der Waals surface area contributed by atoms with Crippen LogP contribution in [0.3, 0.4) is 0 Å². The molecule has 15 heavy (non-hydrogen) atoms. The summed E-state index contributed by atoms with van der Waals surface area (Å²) in [5.74, 6) is 0.297. The standard InChI is InChI=1S/C10H7N3O2/c11-10-4-7(13-15-10)6-1-2-9-8(3-6)12-5-14-9/h1-5H,11H2. The van der Waals surface area contributed by atoms with Crippen LogP contribution >= 0.6 is 0 Å². The number of anilines is 1. The third-order valence-electron chi connectivity index (χ3n) is 2.15. The van der Waals surface area contributed by atoms with E-state index in [4.69, 9.17) is 14.7 Å². The maximum absolute atomic E-state index is 5.45. The summed E-state index contributed by atoms with van der Waals surface area (Å²) in [5.41, 5.74) is 8.57. The van der Waals surface area contributed by atoms with E-state index in [1.165, 1.54) is 6.39 Å². The van der Waals surface area contributed by atoms with Crippen LogP contribution in [0, 0.1) is 0 Å². The minimum absolute atomic E-state index is 0.297. The smallest absolute Gasteiger partial charge is 0.222 e. The number of hydrogen-bond acceptors (Lipinski definition) is 5. The molecule has 3 aromatic rings. The van der Waals surface area contributed by atoms with Gasteiger partial charge in [0.05, 0.1) is 0 Å². The molecule has 0 unspecified atom stereocenters. The summed E-state index contributed by atoms with van der Waals surface area (Å²) in [7, 11) is 0. The van der Waals surface area contributed by atoms with Crippen LogP contribution < -0.4 is 5.73 Å². The Hall–Kier alpha value is -2.30. The molecule has 0 spiro atoms. The van der Waals surface area contributed by atoms with Gasteiger partial charge < -0.3 is 14.7 Å². The minimum atomic E-state index is 0.297. The number of nitrogens with zero attached hydrogens (tertiary/aromatic N) is 2. The molecule has 0 aliphatic heterocycles. The second kappa shape index (κ2) is 2.84. The van der Waals surface area contributed by atoms with Gasteiger partial charge in [-0.05, 0) is 18.2 Å². The third-order valence-corrected chi connectivity index (χ3v) is 2.15. The minimum Gasteiger partial charge on any atom is -0.443 e. The predicted octanol–water partition coefficient (Wildman–Crippen LogP) is 2.06. The van der Waals surface area contributed by atoms with Crippen LogP contribution in [0.15, 0.2) is 39.6 Å². The van der Waals surface area contributed by atoms with Crippen molar-refractivity contribution in [3.8, 4) is 11.3 Å². The number of nitrogen functional groups attached to an aromatic ring is 1. The van der Waals surface area contributed by atoms with Gasteiger partial charge in [-0.1, -0.05) is 5.16 Å². The molecule has 0 amide bonds. The lowest BCUT2D eigenvalue weighted by molar-refractivity contribution is 0.439. The fourth-order valence-corrected chi connectivity index (χ4v) is 1.44. The number of fused-ring (bicyclic) bond motifs is 1. The molecule has 0 aliphatic rings. The van der Waals surface area contributed by atoms with Crippen molar-refractivity contribution < 1.29 is 8.94 Å². The molecule has 74 valence electrons. The Morgan fingerprint density at radius 1 is 1.20 bits per heavy atom. The number of benzene rings is 1. The molecule has 2 aromatic heterocycles. The van der Waals surface area contributed by atoms with Crippen LogP contribution in [0.25, 0.3) is 22.4 Å². The monoisotopic (exact) mass is 201 g/mol. The van der Waals surface area contributed by atoms with Gasteiger partial charge in [-0.25, -0.2) is 4.98 Å². The lowest BCUT2D eigenvalue weighted by Crippen LogP contribution is -1.78. The number of aromatic nitrogens is 2. The molecular formula is C10H7N3O2. The highest BCUT2D eigenvalue weighted by molar-refractivity contribution is 5.79. The first-order valence-electron chi connectivity index (χ1n) is 4.39. The largest absolute Gasteiger partial charge is 0.443 e. The summed E-state index contributed by atoms with van der Waals surface area (Å²) in [6.07, 6.45) is 1.41. The van der Waals surface area contributed by atoms with E-state index in [2.05, 4.69) is 10.1 Å². The molecule has 0 atom stereocenters. The first kappa shape index (κ1) is 8.05. The lowest BCUT2D eigenvalue weighted by atomic mass is 10.1. The molecule has 1 aromatic carbocycles. The Kier molecular flexibility index (Phi) is 1.53. The topological polar surface area (TPSA) is 78.1 Å². The Labute approximate surface area is 84.5 Å². The maximum atomic E-state index is 5.45. The van der Waals surface area contributed by atoms with Crippen LogP contribution in [0.1, 0.15) is 0 Å². The van der Waals surface area contributed by atoms with E-state index in [0.29, 0.717) is 11.6 Å². The Morgan fingerprint density at radius 3 is 2.93 bits per heavy atom. The van der Waals surface area contributed by atoms with Gasteiger partial charge in [-0.15, -0.1) is 0 Å². The van der Waals surface area contributed by atoms with E-state index >= 15 is 0 Å². The number of nitrogens with two attached hydrogens (primary N) is 1. The second-order valence-electron chi connectivity index (χ2n) is 3.15. The van der Waals surface area contributed by atoms with Crippen molar-refractivity contribution in [1.82, 2.24) is 10.1 Å². The van der Waals surface area contributed by atoms with E-state index < -0.39 is 0 Å². The van der Waals surface area contributed by atoms with Crippen LogP contribution in [-0.2, 0) is 0 Å². The fraction of sp³-hybridized carbons (Fsp3) is 0. The van der Waals surface area contributed by atoms with E-state index in [-0.39, 0.29) is 0 Å².